The van der Waals surface area contributed by atoms with E-state index in [2.05, 4.69) is 58.5 Å². The monoisotopic (exact) mass is 796 g/mol. The Labute approximate surface area is 343 Å². The summed E-state index contributed by atoms with van der Waals surface area (Å²) in [5.74, 6) is 0. The molecule has 0 saturated carbocycles. The lowest BCUT2D eigenvalue weighted by Crippen LogP contribution is -2.12. The summed E-state index contributed by atoms with van der Waals surface area (Å²) in [6, 6.07) is 28.5. The molecule has 0 unspecified atom stereocenters. The second-order valence-electron chi connectivity index (χ2n) is 14.4. The molecule has 9 heteroatoms. The number of aromatic nitrogens is 2. The Kier molecular flexibility index (Phi) is 23.1. The van der Waals surface area contributed by atoms with Gasteiger partial charge in [-0.15, -0.1) is 0 Å². The summed E-state index contributed by atoms with van der Waals surface area (Å²) >= 11 is 0. The smallest absolute Gasteiger partial charge is 0.399 e. The number of unbranched alkanes of at least 4 members (excludes halogenated alkanes) is 16. The maximum atomic E-state index is 12.0. The Bertz CT molecular complexity index is 1620. The molecule has 2 aromatic heterocycles. The Hall–Kier alpha value is -4.31. The van der Waals surface area contributed by atoms with Crippen LogP contribution < -0.4 is 0 Å². The lowest BCUT2D eigenvalue weighted by molar-refractivity contribution is 0.208. The molecule has 2 heterocycles. The summed E-state index contributed by atoms with van der Waals surface area (Å²) in [6.45, 7) is 1.86. The number of rotatable bonds is 32. The van der Waals surface area contributed by atoms with E-state index in [4.69, 9.17) is 17.8 Å². The van der Waals surface area contributed by atoms with E-state index in [1.54, 1.807) is 12.5 Å². The van der Waals surface area contributed by atoms with Gasteiger partial charge in [0.15, 0.2) is 0 Å². The zero-order valence-electron chi connectivity index (χ0n) is 33.9. The van der Waals surface area contributed by atoms with Crippen LogP contribution >= 0.6 is 0 Å². The zero-order chi connectivity index (χ0) is 39.9. The van der Waals surface area contributed by atoms with Crippen molar-refractivity contribution in [3.63, 3.8) is 0 Å². The van der Waals surface area contributed by atoms with Crippen LogP contribution in [-0.2, 0) is 28.2 Å². The van der Waals surface area contributed by atoms with Gasteiger partial charge in [-0.1, -0.05) is 151 Å². The molecule has 4 rings (SSSR count). The third-order valence-corrected chi connectivity index (χ3v) is 10.6. The van der Waals surface area contributed by atoms with Gasteiger partial charge in [0.2, 0.25) is 0 Å². The van der Waals surface area contributed by atoms with Crippen molar-refractivity contribution in [2.24, 2.45) is 0 Å². The summed E-state index contributed by atoms with van der Waals surface area (Å²) in [5.41, 5.74) is 6.37. The van der Waals surface area contributed by atoms with Gasteiger partial charge in [-0.2, -0.15) is 8.42 Å². The molecule has 0 atom stereocenters. The van der Waals surface area contributed by atoms with Crippen LogP contribution in [0.5, 0.6) is 0 Å². The molecule has 0 aliphatic rings. The summed E-state index contributed by atoms with van der Waals surface area (Å²) in [7, 11) is -3.90. The predicted molar refractivity (Wildman–Crippen MR) is 233 cm³/mol. The quantitative estimate of drug-likeness (QED) is 0.0356. The number of hydrogen-bond acceptors (Lipinski definition) is 8. The molecular formula is C48H64N2O6S. The summed E-state index contributed by atoms with van der Waals surface area (Å²) in [6.07, 6.45) is 30.8. The molecule has 0 radical (unpaired) electrons. The minimum Gasteiger partial charge on any atom is -0.501 e. The maximum absolute atomic E-state index is 12.0. The van der Waals surface area contributed by atoms with Gasteiger partial charge in [-0.3, -0.25) is 9.97 Å². The molecule has 0 bridgehead atoms. The van der Waals surface area contributed by atoms with E-state index in [0.29, 0.717) is 0 Å². The molecule has 57 heavy (non-hydrogen) atoms. The van der Waals surface area contributed by atoms with Gasteiger partial charge in [0, 0.05) is 23.5 Å². The maximum Gasteiger partial charge on any atom is 0.399 e. The average molecular weight is 797 g/mol. The van der Waals surface area contributed by atoms with Crippen molar-refractivity contribution >= 4 is 22.6 Å². The highest BCUT2D eigenvalue weighted by molar-refractivity contribution is 7.81. The van der Waals surface area contributed by atoms with E-state index in [1.807, 2.05) is 60.9 Å². The fourth-order valence-corrected chi connectivity index (χ4v) is 7.10. The first kappa shape index (κ1) is 45.4. The first-order valence-corrected chi connectivity index (χ1v) is 22.6. The molecule has 0 aliphatic heterocycles. The molecule has 4 aromatic rings. The zero-order valence-corrected chi connectivity index (χ0v) is 34.7. The molecule has 0 saturated heterocycles. The van der Waals surface area contributed by atoms with Crippen molar-refractivity contribution in [1.29, 1.82) is 0 Å². The van der Waals surface area contributed by atoms with Gasteiger partial charge in [0.25, 0.3) is 0 Å². The van der Waals surface area contributed by atoms with Crippen LogP contribution in [0.1, 0.15) is 127 Å². The average Bonchev–Trinajstić information content (AvgIpc) is 3.24. The minimum atomic E-state index is -3.90. The highest BCUT2D eigenvalue weighted by Crippen LogP contribution is 2.19. The molecular weight excluding hydrogens is 733 g/mol. The van der Waals surface area contributed by atoms with Crippen molar-refractivity contribution in [1.82, 2.24) is 9.97 Å². The lowest BCUT2D eigenvalue weighted by Gasteiger charge is -2.07. The first-order valence-electron chi connectivity index (χ1n) is 21.2. The van der Waals surface area contributed by atoms with Crippen LogP contribution in [0.4, 0.5) is 0 Å². The second kappa shape index (κ2) is 29.0. The third kappa shape index (κ3) is 21.1. The van der Waals surface area contributed by atoms with E-state index in [1.165, 1.54) is 64.2 Å². The highest BCUT2D eigenvalue weighted by Gasteiger charge is 2.11. The number of hydrogen-bond donors (Lipinski definition) is 0. The summed E-state index contributed by atoms with van der Waals surface area (Å²) in [5, 5.41) is 0. The van der Waals surface area contributed by atoms with Crippen molar-refractivity contribution in [2.45, 2.75) is 116 Å². The van der Waals surface area contributed by atoms with E-state index < -0.39 is 10.4 Å². The van der Waals surface area contributed by atoms with Gasteiger partial charge in [0.05, 0.1) is 50.3 Å². The second-order valence-corrected chi connectivity index (χ2v) is 15.7. The van der Waals surface area contributed by atoms with Gasteiger partial charge in [0.1, 0.15) is 0 Å². The van der Waals surface area contributed by atoms with Gasteiger partial charge in [-0.05, 0) is 73.2 Å². The number of ether oxygens (including phenoxy) is 2. The Morgan fingerprint density at radius 3 is 1.07 bits per heavy atom. The van der Waals surface area contributed by atoms with Crippen molar-refractivity contribution < 1.29 is 26.3 Å². The Morgan fingerprint density at radius 2 is 0.737 bits per heavy atom. The number of benzene rings is 2. The van der Waals surface area contributed by atoms with Gasteiger partial charge >= 0.3 is 10.4 Å². The van der Waals surface area contributed by atoms with E-state index in [-0.39, 0.29) is 13.2 Å². The van der Waals surface area contributed by atoms with Crippen molar-refractivity contribution in [3.05, 3.63) is 121 Å². The molecule has 308 valence electrons. The van der Waals surface area contributed by atoms with Crippen LogP contribution in [0.3, 0.4) is 0 Å². The molecule has 0 amide bonds. The number of pyridine rings is 2. The van der Waals surface area contributed by atoms with Crippen LogP contribution in [0.25, 0.3) is 34.7 Å². The molecule has 0 N–H and O–H groups in total. The third-order valence-electron chi connectivity index (χ3n) is 9.72. The molecule has 8 nitrogen and oxygen atoms in total. The van der Waals surface area contributed by atoms with Crippen LogP contribution in [0, 0.1) is 0 Å². The van der Waals surface area contributed by atoms with Gasteiger partial charge in [-0.25, -0.2) is 8.37 Å². The van der Waals surface area contributed by atoms with E-state index >= 15 is 0 Å². The van der Waals surface area contributed by atoms with Crippen LogP contribution in [0.15, 0.2) is 110 Å². The lowest BCUT2D eigenvalue weighted by atomic mass is 10.1. The SMILES string of the molecule is O=S(=O)(OCCCCCCCCCCCO/C=C/c1ccc(-c2ccccn2)cc1)OCCCCCCCCCCCO/C=C/c1ccc(-c2ccccn2)cc1. The summed E-state index contributed by atoms with van der Waals surface area (Å²) < 4.78 is 45.5. The fourth-order valence-electron chi connectivity index (χ4n) is 6.39. The van der Waals surface area contributed by atoms with Gasteiger partial charge < -0.3 is 9.47 Å². The first-order chi connectivity index (χ1) is 28.1. The Balaban J connectivity index is 0.836. The predicted octanol–water partition coefficient (Wildman–Crippen LogP) is 12.8. The largest absolute Gasteiger partial charge is 0.501 e. The normalized spacial score (nSPS) is 11.8. The number of nitrogens with zero attached hydrogens (tertiary/aromatic N) is 2. The van der Waals surface area contributed by atoms with Crippen molar-refractivity contribution in [2.75, 3.05) is 26.4 Å². The topological polar surface area (TPSA) is 96.8 Å². The van der Waals surface area contributed by atoms with E-state index in [9.17, 15) is 8.42 Å². The highest BCUT2D eigenvalue weighted by atomic mass is 32.3. The molecule has 0 fully saturated rings. The van der Waals surface area contributed by atoms with Crippen LogP contribution in [-0.4, -0.2) is 44.8 Å². The minimum absolute atomic E-state index is 0.193. The van der Waals surface area contributed by atoms with Crippen LogP contribution in [0.2, 0.25) is 0 Å². The molecule has 2 aromatic carbocycles. The van der Waals surface area contributed by atoms with Crippen molar-refractivity contribution in [3.8, 4) is 22.5 Å². The summed E-state index contributed by atoms with van der Waals surface area (Å²) in [4.78, 5) is 8.78. The molecule has 0 spiro atoms. The van der Waals surface area contributed by atoms with E-state index in [0.717, 1.165) is 98.2 Å². The standard InChI is InChI=1S/C48H64N2O6S/c51-57(52,55-39-21-13-9-5-1-3-7-11-19-37-53-41-33-43-25-29-45(30-26-43)47-23-15-17-35-49-47)56-40-22-14-10-6-2-4-8-12-20-38-54-42-34-44-27-31-46(32-28-44)48-24-16-18-36-50-48/h15-18,23-36,41-42H,1-14,19-22,37-40H2/b41-33+,42-34+. The Morgan fingerprint density at radius 1 is 0.404 bits per heavy atom. The molecule has 0 aliphatic carbocycles. The fraction of sp³-hybridized carbons (Fsp3) is 0.458.